The first-order valence-electron chi connectivity index (χ1n) is 6.69. The molecule has 1 aliphatic rings. The van der Waals surface area contributed by atoms with E-state index < -0.39 is 0 Å². The number of rotatable bonds is 2. The Morgan fingerprint density at radius 1 is 1.00 bits per heavy atom. The van der Waals surface area contributed by atoms with Gasteiger partial charge in [0.15, 0.2) is 0 Å². The second-order valence-corrected chi connectivity index (χ2v) is 3.91. The molecule has 1 fully saturated rings. The van der Waals surface area contributed by atoms with Gasteiger partial charge in [0.25, 0.3) is 0 Å². The van der Waals surface area contributed by atoms with E-state index in [-0.39, 0.29) is 5.91 Å². The summed E-state index contributed by atoms with van der Waals surface area (Å²) < 4.78 is 0. The van der Waals surface area contributed by atoms with Crippen molar-refractivity contribution >= 4 is 5.91 Å². The minimum absolute atomic E-state index is 0.153. The summed E-state index contributed by atoms with van der Waals surface area (Å²) in [5.41, 5.74) is 7.80. The summed E-state index contributed by atoms with van der Waals surface area (Å²) >= 11 is 0. The molecule has 1 saturated heterocycles. The van der Waals surface area contributed by atoms with Crippen LogP contribution in [0.25, 0.3) is 0 Å². The van der Waals surface area contributed by atoms with Crippen molar-refractivity contribution in [2.24, 2.45) is 5.73 Å². The van der Waals surface area contributed by atoms with Crippen molar-refractivity contribution in [1.29, 1.82) is 0 Å². The molecule has 0 aliphatic carbocycles. The molecule has 1 heterocycles. The molecule has 0 atom stereocenters. The molecule has 1 amide bonds. The van der Waals surface area contributed by atoms with Gasteiger partial charge in [0.2, 0.25) is 5.91 Å². The van der Waals surface area contributed by atoms with Gasteiger partial charge in [-0.25, -0.2) is 0 Å². The molecule has 104 valence electrons. The summed E-state index contributed by atoms with van der Waals surface area (Å²) in [6, 6.07) is 0. The number of nitrogens with two attached hydrogens (primary N) is 1. The quantitative estimate of drug-likeness (QED) is 0.765. The Bertz CT molecular complexity index is 313. The lowest BCUT2D eigenvalue weighted by molar-refractivity contribution is -0.130. The van der Waals surface area contributed by atoms with Crippen LogP contribution in [0.5, 0.6) is 0 Å². The van der Waals surface area contributed by atoms with Crippen molar-refractivity contribution < 1.29 is 4.79 Å². The van der Waals surface area contributed by atoms with Crippen LogP contribution in [0.2, 0.25) is 0 Å². The third-order valence-corrected chi connectivity index (χ3v) is 2.95. The zero-order chi connectivity index (χ0) is 14.1. The highest BCUT2D eigenvalue weighted by Gasteiger charge is 2.20. The Labute approximate surface area is 111 Å². The summed E-state index contributed by atoms with van der Waals surface area (Å²) in [5.74, 6) is 0.153. The van der Waals surface area contributed by atoms with Crippen LogP contribution < -0.4 is 5.73 Å². The van der Waals surface area contributed by atoms with Crippen molar-refractivity contribution in [2.45, 2.75) is 34.6 Å². The van der Waals surface area contributed by atoms with Gasteiger partial charge in [0, 0.05) is 33.1 Å². The first-order chi connectivity index (χ1) is 8.60. The number of allylic oxidation sites excluding steroid dienone is 2. The lowest BCUT2D eigenvalue weighted by Gasteiger charge is -2.37. The molecule has 4 nitrogen and oxygen atoms in total. The molecule has 1 aliphatic heterocycles. The predicted molar refractivity (Wildman–Crippen MR) is 76.9 cm³/mol. The van der Waals surface area contributed by atoms with Crippen LogP contribution in [0.15, 0.2) is 23.5 Å². The first kappa shape index (κ1) is 16.6. The number of nitrogens with zero attached hydrogens (tertiary/aromatic N) is 2. The highest BCUT2D eigenvalue weighted by Crippen LogP contribution is 2.14. The average Bonchev–Trinajstić information content (AvgIpc) is 2.42. The van der Waals surface area contributed by atoms with Crippen LogP contribution >= 0.6 is 0 Å². The number of hydrogen-bond donors (Lipinski definition) is 1. The molecule has 1 rings (SSSR count). The van der Waals surface area contributed by atoms with Crippen LogP contribution in [0.1, 0.15) is 34.6 Å². The van der Waals surface area contributed by atoms with Crippen molar-refractivity contribution in [3.8, 4) is 0 Å². The molecular formula is C14H27N3O. The molecule has 0 bridgehead atoms. The van der Waals surface area contributed by atoms with Gasteiger partial charge in [-0.15, -0.1) is 0 Å². The molecule has 18 heavy (non-hydrogen) atoms. The van der Waals surface area contributed by atoms with Crippen molar-refractivity contribution in [2.75, 3.05) is 26.2 Å². The summed E-state index contributed by atoms with van der Waals surface area (Å²) in [5, 5.41) is 0. The maximum Gasteiger partial charge on any atom is 0.219 e. The number of carbonyl (C=O) groups is 1. The van der Waals surface area contributed by atoms with E-state index in [1.807, 2.05) is 44.7 Å². The SMILES string of the molecule is C/C=C(N)\C(=C/C)N1CCN(C(C)=O)CC1.CC. The molecule has 0 spiro atoms. The third-order valence-electron chi connectivity index (χ3n) is 2.95. The Kier molecular flexibility index (Phi) is 7.92. The minimum atomic E-state index is 0.153. The van der Waals surface area contributed by atoms with Gasteiger partial charge >= 0.3 is 0 Å². The zero-order valence-corrected chi connectivity index (χ0v) is 12.4. The maximum atomic E-state index is 11.2. The predicted octanol–water partition coefficient (Wildman–Crippen LogP) is 1.94. The average molecular weight is 253 g/mol. The largest absolute Gasteiger partial charge is 0.397 e. The number of hydrogen-bond acceptors (Lipinski definition) is 3. The van der Waals surface area contributed by atoms with Gasteiger partial charge in [0.1, 0.15) is 0 Å². The van der Waals surface area contributed by atoms with Crippen molar-refractivity contribution in [3.05, 3.63) is 23.5 Å². The molecule has 0 aromatic rings. The van der Waals surface area contributed by atoms with E-state index >= 15 is 0 Å². The van der Waals surface area contributed by atoms with E-state index in [4.69, 9.17) is 5.73 Å². The lowest BCUT2D eigenvalue weighted by atomic mass is 10.2. The molecule has 0 saturated carbocycles. The highest BCUT2D eigenvalue weighted by atomic mass is 16.2. The summed E-state index contributed by atoms with van der Waals surface area (Å²) in [7, 11) is 0. The van der Waals surface area contributed by atoms with Gasteiger partial charge in [-0.3, -0.25) is 4.79 Å². The van der Waals surface area contributed by atoms with Crippen molar-refractivity contribution in [1.82, 2.24) is 9.80 Å². The molecule has 0 radical (unpaired) electrons. The van der Waals surface area contributed by atoms with Crippen LogP contribution in [-0.2, 0) is 4.79 Å². The van der Waals surface area contributed by atoms with Crippen LogP contribution in [0.4, 0.5) is 0 Å². The Morgan fingerprint density at radius 3 is 1.78 bits per heavy atom. The number of amides is 1. The fourth-order valence-electron chi connectivity index (χ4n) is 1.94. The molecule has 0 aromatic heterocycles. The first-order valence-corrected chi connectivity index (χ1v) is 6.69. The van der Waals surface area contributed by atoms with Gasteiger partial charge in [0.05, 0.1) is 11.4 Å². The van der Waals surface area contributed by atoms with E-state index in [0.29, 0.717) is 0 Å². The minimum Gasteiger partial charge on any atom is -0.397 e. The summed E-state index contributed by atoms with van der Waals surface area (Å²) in [6.07, 6.45) is 3.94. The lowest BCUT2D eigenvalue weighted by Crippen LogP contribution is -2.48. The molecule has 0 aromatic carbocycles. The monoisotopic (exact) mass is 253 g/mol. The van der Waals surface area contributed by atoms with Crippen LogP contribution in [0.3, 0.4) is 0 Å². The zero-order valence-electron chi connectivity index (χ0n) is 12.4. The normalized spacial score (nSPS) is 17.2. The van der Waals surface area contributed by atoms with E-state index in [1.165, 1.54) is 0 Å². The molecule has 0 unspecified atom stereocenters. The fraction of sp³-hybridized carbons (Fsp3) is 0.643. The fourth-order valence-corrected chi connectivity index (χ4v) is 1.94. The van der Waals surface area contributed by atoms with Gasteiger partial charge in [-0.2, -0.15) is 0 Å². The smallest absolute Gasteiger partial charge is 0.219 e. The van der Waals surface area contributed by atoms with Crippen LogP contribution in [0, 0.1) is 0 Å². The van der Waals surface area contributed by atoms with Gasteiger partial charge < -0.3 is 15.5 Å². The van der Waals surface area contributed by atoms with E-state index in [0.717, 1.165) is 37.6 Å². The number of piperazine rings is 1. The summed E-state index contributed by atoms with van der Waals surface area (Å²) in [4.78, 5) is 15.3. The molecule has 2 N–H and O–H groups in total. The summed E-state index contributed by atoms with van der Waals surface area (Å²) in [6.45, 7) is 12.8. The topological polar surface area (TPSA) is 49.6 Å². The van der Waals surface area contributed by atoms with Crippen molar-refractivity contribution in [3.63, 3.8) is 0 Å². The van der Waals surface area contributed by atoms with Gasteiger partial charge in [-0.1, -0.05) is 26.0 Å². The highest BCUT2D eigenvalue weighted by molar-refractivity contribution is 5.73. The standard InChI is InChI=1S/C12H21N3O.C2H6/c1-4-11(13)12(5-2)15-8-6-14(7-9-15)10(3)16;1-2/h4-5H,6-9,13H2,1-3H3;1-2H3/b11-4+,12-5+;. The third kappa shape index (κ3) is 4.43. The number of carbonyl (C=O) groups excluding carboxylic acids is 1. The van der Waals surface area contributed by atoms with E-state index in [2.05, 4.69) is 4.90 Å². The Hall–Kier alpha value is -1.45. The molecular weight excluding hydrogens is 226 g/mol. The van der Waals surface area contributed by atoms with Gasteiger partial charge in [-0.05, 0) is 13.8 Å². The second-order valence-electron chi connectivity index (χ2n) is 3.91. The molecule has 4 heteroatoms. The maximum absolute atomic E-state index is 11.2. The Morgan fingerprint density at radius 2 is 1.44 bits per heavy atom. The Balaban J connectivity index is 0.00000137. The second kappa shape index (κ2) is 8.61. The van der Waals surface area contributed by atoms with E-state index in [1.54, 1.807) is 6.92 Å². The van der Waals surface area contributed by atoms with E-state index in [9.17, 15) is 4.79 Å². The van der Waals surface area contributed by atoms with Crippen LogP contribution in [-0.4, -0.2) is 41.9 Å².